The van der Waals surface area contributed by atoms with Gasteiger partial charge in [-0.15, -0.1) is 0 Å². The highest BCUT2D eigenvalue weighted by Crippen LogP contribution is 2.17. The number of thioether (sulfide) groups is 1. The van der Waals surface area contributed by atoms with E-state index in [0.717, 1.165) is 23.5 Å². The minimum atomic E-state index is -0.382. The fraction of sp³-hybridized carbons (Fsp3) is 0.455. The zero-order valence-electron chi connectivity index (χ0n) is 9.26. The quantitative estimate of drug-likeness (QED) is 0.471. The first-order valence-corrected chi connectivity index (χ1v) is 6.31. The Labute approximate surface area is 99.4 Å². The van der Waals surface area contributed by atoms with E-state index in [1.165, 1.54) is 0 Å². The summed E-state index contributed by atoms with van der Waals surface area (Å²) in [5, 5.41) is 10.4. The number of nitrogens with zero attached hydrogens (tertiary/aromatic N) is 1. The van der Waals surface area contributed by atoms with Crippen molar-refractivity contribution in [3.8, 4) is 0 Å². The number of nitro groups is 1. The predicted molar refractivity (Wildman–Crippen MR) is 67.5 cm³/mol. The van der Waals surface area contributed by atoms with Gasteiger partial charge in [0, 0.05) is 23.9 Å². The molecule has 0 aromatic heterocycles. The van der Waals surface area contributed by atoms with Gasteiger partial charge in [-0.2, -0.15) is 11.8 Å². The van der Waals surface area contributed by atoms with Crippen molar-refractivity contribution in [2.75, 3.05) is 5.75 Å². The van der Waals surface area contributed by atoms with Crippen LogP contribution < -0.4 is 5.73 Å². The molecule has 1 aromatic carbocycles. The van der Waals surface area contributed by atoms with E-state index in [1.54, 1.807) is 36.0 Å². The maximum Gasteiger partial charge on any atom is 0.269 e. The maximum absolute atomic E-state index is 10.4. The van der Waals surface area contributed by atoms with Crippen LogP contribution in [0.5, 0.6) is 0 Å². The molecule has 88 valence electrons. The number of hydrogen-bond acceptors (Lipinski definition) is 4. The molecule has 1 unspecified atom stereocenters. The molecular formula is C11H16N2O2S. The van der Waals surface area contributed by atoms with Gasteiger partial charge in [-0.3, -0.25) is 10.1 Å². The second kappa shape index (κ2) is 6.50. The molecule has 2 N–H and O–H groups in total. The van der Waals surface area contributed by atoms with Crippen LogP contribution in [0.25, 0.3) is 0 Å². The summed E-state index contributed by atoms with van der Waals surface area (Å²) in [6, 6.07) is 6.93. The van der Waals surface area contributed by atoms with E-state index in [9.17, 15) is 10.1 Å². The molecule has 0 aliphatic heterocycles. The van der Waals surface area contributed by atoms with Crippen molar-refractivity contribution >= 4 is 17.4 Å². The lowest BCUT2D eigenvalue weighted by Gasteiger charge is -2.04. The second-order valence-corrected chi connectivity index (χ2v) is 4.85. The molecule has 1 rings (SSSR count). The summed E-state index contributed by atoms with van der Waals surface area (Å²) in [6.07, 6.45) is 0.998. The Morgan fingerprint density at radius 2 is 2.06 bits per heavy atom. The number of nitro benzene ring substituents is 1. The zero-order chi connectivity index (χ0) is 12.0. The Balaban J connectivity index is 2.35. The lowest BCUT2D eigenvalue weighted by atomic mass is 10.2. The van der Waals surface area contributed by atoms with Crippen molar-refractivity contribution in [2.45, 2.75) is 25.1 Å². The van der Waals surface area contributed by atoms with Gasteiger partial charge < -0.3 is 5.73 Å². The number of nitrogens with two attached hydrogens (primary N) is 1. The van der Waals surface area contributed by atoms with Crippen molar-refractivity contribution in [1.29, 1.82) is 0 Å². The maximum atomic E-state index is 10.4. The Morgan fingerprint density at radius 1 is 1.44 bits per heavy atom. The average molecular weight is 240 g/mol. The third-order valence-corrected chi connectivity index (χ3v) is 3.20. The van der Waals surface area contributed by atoms with Gasteiger partial charge >= 0.3 is 0 Å². The molecule has 0 aliphatic rings. The van der Waals surface area contributed by atoms with Crippen LogP contribution in [-0.4, -0.2) is 16.7 Å². The lowest BCUT2D eigenvalue weighted by molar-refractivity contribution is -0.384. The van der Waals surface area contributed by atoms with E-state index in [2.05, 4.69) is 0 Å². The van der Waals surface area contributed by atoms with E-state index in [1.807, 2.05) is 6.92 Å². The van der Waals surface area contributed by atoms with Crippen LogP contribution in [0.15, 0.2) is 24.3 Å². The van der Waals surface area contributed by atoms with Crippen LogP contribution in [0.4, 0.5) is 5.69 Å². The molecule has 0 heterocycles. The van der Waals surface area contributed by atoms with E-state index in [0.29, 0.717) is 0 Å². The normalized spacial score (nSPS) is 12.4. The van der Waals surface area contributed by atoms with Crippen LogP contribution in [-0.2, 0) is 5.75 Å². The molecule has 0 amide bonds. The van der Waals surface area contributed by atoms with Gasteiger partial charge in [0.1, 0.15) is 0 Å². The molecule has 0 bridgehead atoms. The van der Waals surface area contributed by atoms with E-state index >= 15 is 0 Å². The van der Waals surface area contributed by atoms with Gasteiger partial charge in [-0.05, 0) is 24.7 Å². The summed E-state index contributed by atoms with van der Waals surface area (Å²) in [4.78, 5) is 10.1. The topological polar surface area (TPSA) is 69.2 Å². The number of rotatable bonds is 6. The van der Waals surface area contributed by atoms with Crippen molar-refractivity contribution in [2.24, 2.45) is 5.73 Å². The van der Waals surface area contributed by atoms with E-state index in [4.69, 9.17) is 5.73 Å². The minimum absolute atomic E-state index is 0.143. The van der Waals surface area contributed by atoms with E-state index in [-0.39, 0.29) is 16.7 Å². The highest BCUT2D eigenvalue weighted by Gasteiger charge is 2.03. The summed E-state index contributed by atoms with van der Waals surface area (Å²) in [5.74, 6) is 1.90. The molecule has 0 radical (unpaired) electrons. The van der Waals surface area contributed by atoms with Crippen molar-refractivity contribution in [3.05, 3.63) is 39.9 Å². The molecule has 0 aliphatic carbocycles. The van der Waals surface area contributed by atoms with Gasteiger partial charge in [-0.25, -0.2) is 0 Å². The fourth-order valence-corrected chi connectivity index (χ4v) is 2.28. The van der Waals surface area contributed by atoms with Gasteiger partial charge in [0.25, 0.3) is 5.69 Å². The third kappa shape index (κ3) is 4.63. The highest BCUT2D eigenvalue weighted by atomic mass is 32.2. The summed E-state index contributed by atoms with van der Waals surface area (Å²) in [5.41, 5.74) is 6.89. The van der Waals surface area contributed by atoms with Crippen LogP contribution in [0, 0.1) is 10.1 Å². The van der Waals surface area contributed by atoms with Gasteiger partial charge in [0.05, 0.1) is 4.92 Å². The Morgan fingerprint density at radius 3 is 2.56 bits per heavy atom. The largest absolute Gasteiger partial charge is 0.328 e. The van der Waals surface area contributed by atoms with Crippen molar-refractivity contribution in [1.82, 2.24) is 0 Å². The average Bonchev–Trinajstić information content (AvgIpc) is 2.25. The molecule has 0 saturated heterocycles. The number of hydrogen-bond donors (Lipinski definition) is 1. The van der Waals surface area contributed by atoms with Gasteiger partial charge in [0.15, 0.2) is 0 Å². The van der Waals surface area contributed by atoms with Crippen LogP contribution in [0.1, 0.15) is 18.9 Å². The van der Waals surface area contributed by atoms with E-state index < -0.39 is 0 Å². The summed E-state index contributed by atoms with van der Waals surface area (Å²) >= 11 is 1.80. The summed E-state index contributed by atoms with van der Waals surface area (Å²) in [7, 11) is 0. The summed E-state index contributed by atoms with van der Waals surface area (Å²) in [6.45, 7) is 1.99. The third-order valence-electron chi connectivity index (χ3n) is 2.13. The van der Waals surface area contributed by atoms with Gasteiger partial charge in [-0.1, -0.05) is 12.1 Å². The standard InChI is InChI=1S/C11H16N2O2S/c1-9(12)6-7-16-8-10-2-4-11(5-3-10)13(14)15/h2-5,9H,6-8,12H2,1H3. The molecule has 0 saturated carbocycles. The minimum Gasteiger partial charge on any atom is -0.328 e. The molecule has 0 spiro atoms. The molecular weight excluding hydrogens is 224 g/mol. The first kappa shape index (κ1) is 13.0. The highest BCUT2D eigenvalue weighted by molar-refractivity contribution is 7.98. The molecule has 4 nitrogen and oxygen atoms in total. The zero-order valence-corrected chi connectivity index (χ0v) is 10.1. The van der Waals surface area contributed by atoms with Crippen molar-refractivity contribution < 1.29 is 4.92 Å². The van der Waals surface area contributed by atoms with Gasteiger partial charge in [0.2, 0.25) is 0 Å². The Bertz CT molecular complexity index is 338. The number of benzene rings is 1. The molecule has 0 fully saturated rings. The fourth-order valence-electron chi connectivity index (χ4n) is 1.17. The Kier molecular flexibility index (Phi) is 5.28. The molecule has 16 heavy (non-hydrogen) atoms. The second-order valence-electron chi connectivity index (χ2n) is 3.74. The first-order valence-electron chi connectivity index (χ1n) is 5.16. The smallest absolute Gasteiger partial charge is 0.269 e. The molecule has 1 aromatic rings. The van der Waals surface area contributed by atoms with Crippen LogP contribution >= 0.6 is 11.8 Å². The van der Waals surface area contributed by atoms with Crippen LogP contribution in [0.2, 0.25) is 0 Å². The Hall–Kier alpha value is -1.07. The lowest BCUT2D eigenvalue weighted by Crippen LogP contribution is -2.15. The molecule has 5 heteroatoms. The van der Waals surface area contributed by atoms with Crippen LogP contribution in [0.3, 0.4) is 0 Å². The van der Waals surface area contributed by atoms with Crippen molar-refractivity contribution in [3.63, 3.8) is 0 Å². The number of non-ortho nitro benzene ring substituents is 1. The monoisotopic (exact) mass is 240 g/mol. The molecule has 1 atom stereocenters. The summed E-state index contributed by atoms with van der Waals surface area (Å²) < 4.78 is 0. The predicted octanol–water partition coefficient (Wildman–Crippen LogP) is 2.57. The SMILES string of the molecule is CC(N)CCSCc1ccc([N+](=O)[O-])cc1. The first-order chi connectivity index (χ1) is 7.59.